The van der Waals surface area contributed by atoms with Crippen molar-refractivity contribution in [1.82, 2.24) is 9.88 Å². The standard InChI is InChI=1S/C15H22N4O2/c1-20-10-11-21-9-8-18-4-6-19(7-5-18)15-3-2-14(12-16)13-17-15/h2-3,13H,4-11H2,1H3. The fourth-order valence-corrected chi connectivity index (χ4v) is 2.28. The zero-order valence-electron chi connectivity index (χ0n) is 12.5. The zero-order valence-corrected chi connectivity index (χ0v) is 12.5. The third kappa shape index (κ3) is 4.97. The first kappa shape index (κ1) is 15.7. The Labute approximate surface area is 125 Å². The number of pyridine rings is 1. The van der Waals surface area contributed by atoms with Crippen molar-refractivity contribution in [1.29, 1.82) is 5.26 Å². The van der Waals surface area contributed by atoms with E-state index in [0.29, 0.717) is 18.8 Å². The molecule has 0 saturated carbocycles. The van der Waals surface area contributed by atoms with E-state index in [1.54, 1.807) is 13.3 Å². The van der Waals surface area contributed by atoms with Crippen molar-refractivity contribution in [3.8, 4) is 6.07 Å². The van der Waals surface area contributed by atoms with Gasteiger partial charge in [-0.05, 0) is 12.1 Å². The quantitative estimate of drug-likeness (QED) is 0.690. The smallest absolute Gasteiger partial charge is 0.128 e. The van der Waals surface area contributed by atoms with Crippen LogP contribution in [0.15, 0.2) is 18.3 Å². The van der Waals surface area contributed by atoms with Crippen molar-refractivity contribution in [3.05, 3.63) is 23.9 Å². The molecule has 6 heteroatoms. The Morgan fingerprint density at radius 1 is 1.19 bits per heavy atom. The number of piperazine rings is 1. The molecule has 0 radical (unpaired) electrons. The lowest BCUT2D eigenvalue weighted by Crippen LogP contribution is -2.47. The van der Waals surface area contributed by atoms with E-state index >= 15 is 0 Å². The number of methoxy groups -OCH3 is 1. The van der Waals surface area contributed by atoms with Crippen LogP contribution in [0.1, 0.15) is 5.56 Å². The summed E-state index contributed by atoms with van der Waals surface area (Å²) in [5.74, 6) is 0.949. The molecule has 6 nitrogen and oxygen atoms in total. The molecule has 1 aromatic rings. The molecule has 0 bridgehead atoms. The minimum absolute atomic E-state index is 0.602. The topological polar surface area (TPSA) is 61.6 Å². The predicted octanol–water partition coefficient (Wildman–Crippen LogP) is 0.738. The molecule has 1 fully saturated rings. The van der Waals surface area contributed by atoms with Gasteiger partial charge in [-0.15, -0.1) is 0 Å². The molecule has 2 heterocycles. The average molecular weight is 290 g/mol. The van der Waals surface area contributed by atoms with E-state index in [-0.39, 0.29) is 0 Å². The van der Waals surface area contributed by atoms with Crippen LogP contribution >= 0.6 is 0 Å². The SMILES string of the molecule is COCCOCCN1CCN(c2ccc(C#N)cn2)CC1. The van der Waals surface area contributed by atoms with E-state index in [4.69, 9.17) is 14.7 Å². The number of nitrogens with zero attached hydrogens (tertiary/aromatic N) is 4. The van der Waals surface area contributed by atoms with Crippen molar-refractivity contribution < 1.29 is 9.47 Å². The van der Waals surface area contributed by atoms with Gasteiger partial charge in [0.15, 0.2) is 0 Å². The first-order valence-electron chi connectivity index (χ1n) is 7.23. The highest BCUT2D eigenvalue weighted by molar-refractivity contribution is 5.42. The molecular formula is C15H22N4O2. The summed E-state index contributed by atoms with van der Waals surface area (Å²) in [7, 11) is 1.68. The number of ether oxygens (including phenoxy) is 2. The summed E-state index contributed by atoms with van der Waals surface area (Å²) < 4.78 is 10.4. The van der Waals surface area contributed by atoms with Crippen LogP contribution in [0.5, 0.6) is 0 Å². The number of hydrogen-bond donors (Lipinski definition) is 0. The van der Waals surface area contributed by atoms with Crippen molar-refractivity contribution in [2.45, 2.75) is 0 Å². The van der Waals surface area contributed by atoms with Gasteiger partial charge in [-0.2, -0.15) is 5.26 Å². The minimum atomic E-state index is 0.602. The Hall–Kier alpha value is -1.68. The summed E-state index contributed by atoms with van der Waals surface area (Å²) in [6.07, 6.45) is 1.63. The number of nitriles is 1. The maximum Gasteiger partial charge on any atom is 0.128 e. The Kier molecular flexibility index (Phi) is 6.41. The predicted molar refractivity (Wildman–Crippen MR) is 80.3 cm³/mol. The molecule has 0 amide bonds. The van der Waals surface area contributed by atoms with E-state index in [0.717, 1.165) is 45.1 Å². The first-order chi connectivity index (χ1) is 10.3. The monoisotopic (exact) mass is 290 g/mol. The number of anilines is 1. The summed E-state index contributed by atoms with van der Waals surface area (Å²) in [6.45, 7) is 6.94. The van der Waals surface area contributed by atoms with E-state index in [9.17, 15) is 0 Å². The van der Waals surface area contributed by atoms with E-state index in [1.807, 2.05) is 12.1 Å². The van der Waals surface area contributed by atoms with Crippen LogP contribution in [0.3, 0.4) is 0 Å². The summed E-state index contributed by atoms with van der Waals surface area (Å²) in [6, 6.07) is 5.83. The van der Waals surface area contributed by atoms with Gasteiger partial charge in [-0.25, -0.2) is 4.98 Å². The normalized spacial score (nSPS) is 15.9. The van der Waals surface area contributed by atoms with Gasteiger partial charge in [-0.1, -0.05) is 0 Å². The van der Waals surface area contributed by atoms with Gasteiger partial charge >= 0.3 is 0 Å². The van der Waals surface area contributed by atoms with Crippen LogP contribution in [0.2, 0.25) is 0 Å². The minimum Gasteiger partial charge on any atom is -0.382 e. The molecule has 0 aliphatic carbocycles. The molecule has 0 aromatic carbocycles. The number of rotatable bonds is 7. The van der Waals surface area contributed by atoms with Crippen LogP contribution in [-0.2, 0) is 9.47 Å². The number of aromatic nitrogens is 1. The Morgan fingerprint density at radius 2 is 2.00 bits per heavy atom. The zero-order chi connectivity index (χ0) is 14.9. The van der Waals surface area contributed by atoms with Crippen molar-refractivity contribution >= 4 is 5.82 Å². The molecule has 0 N–H and O–H groups in total. The van der Waals surface area contributed by atoms with Crippen molar-refractivity contribution in [3.63, 3.8) is 0 Å². The van der Waals surface area contributed by atoms with Gasteiger partial charge in [0.25, 0.3) is 0 Å². The van der Waals surface area contributed by atoms with Gasteiger partial charge < -0.3 is 14.4 Å². The third-order valence-electron chi connectivity index (χ3n) is 3.56. The van der Waals surface area contributed by atoms with Crippen LogP contribution in [-0.4, -0.2) is 69.5 Å². The fraction of sp³-hybridized carbons (Fsp3) is 0.600. The number of hydrogen-bond acceptors (Lipinski definition) is 6. The van der Waals surface area contributed by atoms with Crippen LogP contribution in [0, 0.1) is 11.3 Å². The first-order valence-corrected chi connectivity index (χ1v) is 7.23. The Morgan fingerprint density at radius 3 is 2.62 bits per heavy atom. The van der Waals surface area contributed by atoms with Crippen LogP contribution in [0.4, 0.5) is 5.82 Å². The average Bonchev–Trinajstić information content (AvgIpc) is 2.55. The van der Waals surface area contributed by atoms with Gasteiger partial charge in [0, 0.05) is 46.0 Å². The van der Waals surface area contributed by atoms with Gasteiger partial charge in [0.05, 0.1) is 25.4 Å². The summed E-state index contributed by atoms with van der Waals surface area (Å²) in [5.41, 5.74) is 0.602. The molecule has 0 spiro atoms. The summed E-state index contributed by atoms with van der Waals surface area (Å²) in [5, 5.41) is 8.78. The second-order valence-electron chi connectivity index (χ2n) is 4.95. The lowest BCUT2D eigenvalue weighted by Gasteiger charge is -2.35. The highest BCUT2D eigenvalue weighted by atomic mass is 16.5. The molecule has 1 saturated heterocycles. The van der Waals surface area contributed by atoms with Crippen LogP contribution < -0.4 is 4.90 Å². The Bertz CT molecular complexity index is 450. The van der Waals surface area contributed by atoms with E-state index < -0.39 is 0 Å². The van der Waals surface area contributed by atoms with Gasteiger partial charge in [-0.3, -0.25) is 4.90 Å². The molecule has 0 unspecified atom stereocenters. The largest absolute Gasteiger partial charge is 0.382 e. The fourth-order valence-electron chi connectivity index (χ4n) is 2.28. The molecule has 1 aliphatic heterocycles. The molecule has 0 atom stereocenters. The van der Waals surface area contributed by atoms with Gasteiger partial charge in [0.1, 0.15) is 11.9 Å². The van der Waals surface area contributed by atoms with Gasteiger partial charge in [0.2, 0.25) is 0 Å². The lowest BCUT2D eigenvalue weighted by molar-refractivity contribution is 0.0563. The maximum absolute atomic E-state index is 8.78. The Balaban J connectivity index is 1.69. The lowest BCUT2D eigenvalue weighted by atomic mass is 10.2. The van der Waals surface area contributed by atoms with Crippen molar-refractivity contribution in [2.24, 2.45) is 0 Å². The molecular weight excluding hydrogens is 268 g/mol. The molecule has 21 heavy (non-hydrogen) atoms. The van der Waals surface area contributed by atoms with E-state index in [1.165, 1.54) is 0 Å². The van der Waals surface area contributed by atoms with Crippen LogP contribution in [0.25, 0.3) is 0 Å². The highest BCUT2D eigenvalue weighted by Gasteiger charge is 2.17. The molecule has 1 aliphatic rings. The summed E-state index contributed by atoms with van der Waals surface area (Å²) >= 11 is 0. The second-order valence-corrected chi connectivity index (χ2v) is 4.95. The summed E-state index contributed by atoms with van der Waals surface area (Å²) in [4.78, 5) is 8.99. The van der Waals surface area contributed by atoms with E-state index in [2.05, 4.69) is 20.9 Å². The maximum atomic E-state index is 8.78. The highest BCUT2D eigenvalue weighted by Crippen LogP contribution is 2.13. The third-order valence-corrected chi connectivity index (χ3v) is 3.56. The molecule has 114 valence electrons. The second kappa shape index (κ2) is 8.57. The molecule has 2 rings (SSSR count). The molecule has 1 aromatic heterocycles. The van der Waals surface area contributed by atoms with Crippen molar-refractivity contribution in [2.75, 3.05) is 64.6 Å².